The molecule has 0 radical (unpaired) electrons. The van der Waals surface area contributed by atoms with E-state index in [4.69, 9.17) is 5.73 Å². The smallest absolute Gasteiger partial charge is 0.0501 e. The van der Waals surface area contributed by atoms with E-state index in [0.29, 0.717) is 0 Å². The third-order valence-electron chi connectivity index (χ3n) is 3.24. The van der Waals surface area contributed by atoms with E-state index in [2.05, 4.69) is 40.0 Å². The minimum Gasteiger partial charge on any atom is -0.398 e. The van der Waals surface area contributed by atoms with Crippen LogP contribution in [0.3, 0.4) is 0 Å². The highest BCUT2D eigenvalue weighted by molar-refractivity contribution is 5.91. The fourth-order valence-corrected chi connectivity index (χ4v) is 2.24. The first-order chi connectivity index (χ1) is 8.84. The zero-order valence-corrected chi connectivity index (χ0v) is 10.1. The maximum atomic E-state index is 5.96. The van der Waals surface area contributed by atoms with Gasteiger partial charge in [0.1, 0.15) is 0 Å². The second-order valence-electron chi connectivity index (χ2n) is 4.39. The molecule has 0 atom stereocenters. The van der Waals surface area contributed by atoms with Gasteiger partial charge in [-0.2, -0.15) is 0 Å². The summed E-state index contributed by atoms with van der Waals surface area (Å²) in [6.07, 6.45) is 6.77. The maximum Gasteiger partial charge on any atom is 0.0501 e. The summed E-state index contributed by atoms with van der Waals surface area (Å²) in [5.74, 6) is 0. The first-order valence-corrected chi connectivity index (χ1v) is 6.07. The summed E-state index contributed by atoms with van der Waals surface area (Å²) in [5.41, 5.74) is 9.30. The summed E-state index contributed by atoms with van der Waals surface area (Å²) in [5, 5.41) is 1.13. The van der Waals surface area contributed by atoms with Crippen LogP contribution in [0.5, 0.6) is 0 Å². The van der Waals surface area contributed by atoms with Crippen molar-refractivity contribution in [3.8, 4) is 0 Å². The lowest BCUT2D eigenvalue weighted by Gasteiger charge is -2.06. The largest absolute Gasteiger partial charge is 0.398 e. The number of rotatable bonds is 3. The molecule has 90 valence electrons. The lowest BCUT2D eigenvalue weighted by molar-refractivity contribution is 0.722. The number of aromatic nitrogens is 2. The van der Waals surface area contributed by atoms with Crippen molar-refractivity contribution in [1.82, 2.24) is 9.55 Å². The molecule has 0 saturated carbocycles. The minimum absolute atomic E-state index is 0.843. The molecular formula is C15H15N3. The molecule has 2 aromatic heterocycles. The van der Waals surface area contributed by atoms with E-state index in [1.165, 1.54) is 11.1 Å². The van der Waals surface area contributed by atoms with Crippen LogP contribution < -0.4 is 5.73 Å². The molecule has 0 aliphatic rings. The SMILES string of the molecule is Nc1cccc2c1ccn2CCc1ccncc1. The number of nitrogen functional groups attached to an aromatic ring is 1. The van der Waals surface area contributed by atoms with Crippen LogP contribution in [0.15, 0.2) is 55.0 Å². The molecule has 0 unspecified atom stereocenters. The number of benzene rings is 1. The molecule has 0 saturated heterocycles. The molecule has 3 heteroatoms. The van der Waals surface area contributed by atoms with Crippen LogP contribution in [0.1, 0.15) is 5.56 Å². The van der Waals surface area contributed by atoms with Gasteiger partial charge in [0.25, 0.3) is 0 Å². The van der Waals surface area contributed by atoms with E-state index in [0.717, 1.165) is 24.0 Å². The first-order valence-electron chi connectivity index (χ1n) is 6.07. The van der Waals surface area contributed by atoms with E-state index in [1.807, 2.05) is 24.5 Å². The number of anilines is 1. The highest BCUT2D eigenvalue weighted by atomic mass is 14.9. The van der Waals surface area contributed by atoms with E-state index >= 15 is 0 Å². The Bertz CT molecular complexity index is 656. The van der Waals surface area contributed by atoms with Crippen molar-refractivity contribution >= 4 is 16.6 Å². The zero-order chi connectivity index (χ0) is 12.4. The highest BCUT2D eigenvalue weighted by Crippen LogP contribution is 2.22. The number of nitrogens with two attached hydrogens (primary N) is 1. The summed E-state index contributed by atoms with van der Waals surface area (Å²) in [4.78, 5) is 4.03. The van der Waals surface area contributed by atoms with Gasteiger partial charge in [0, 0.05) is 36.2 Å². The zero-order valence-electron chi connectivity index (χ0n) is 10.1. The van der Waals surface area contributed by atoms with Gasteiger partial charge < -0.3 is 10.3 Å². The van der Waals surface area contributed by atoms with Gasteiger partial charge in [-0.1, -0.05) is 6.07 Å². The van der Waals surface area contributed by atoms with Crippen molar-refractivity contribution in [2.24, 2.45) is 0 Å². The molecule has 2 heterocycles. The van der Waals surface area contributed by atoms with E-state index in [9.17, 15) is 0 Å². The van der Waals surface area contributed by atoms with Crippen LogP contribution in [0.25, 0.3) is 10.9 Å². The van der Waals surface area contributed by atoms with Crippen molar-refractivity contribution in [1.29, 1.82) is 0 Å². The first kappa shape index (κ1) is 10.8. The van der Waals surface area contributed by atoms with Gasteiger partial charge in [0.2, 0.25) is 0 Å². The molecule has 2 N–H and O–H groups in total. The lowest BCUT2D eigenvalue weighted by atomic mass is 10.2. The predicted molar refractivity (Wildman–Crippen MR) is 74.3 cm³/mol. The summed E-state index contributed by atoms with van der Waals surface area (Å²) in [6, 6.07) is 12.2. The predicted octanol–water partition coefficient (Wildman–Crippen LogP) is 2.86. The Morgan fingerprint density at radius 2 is 1.89 bits per heavy atom. The van der Waals surface area contributed by atoms with E-state index in [1.54, 1.807) is 0 Å². The molecule has 3 aromatic rings. The van der Waals surface area contributed by atoms with Crippen LogP contribution in [-0.4, -0.2) is 9.55 Å². The van der Waals surface area contributed by atoms with Crippen LogP contribution in [-0.2, 0) is 13.0 Å². The molecule has 0 aliphatic heterocycles. The van der Waals surface area contributed by atoms with Gasteiger partial charge in [0.05, 0.1) is 5.52 Å². The van der Waals surface area contributed by atoms with Gasteiger partial charge in [0.15, 0.2) is 0 Å². The quantitative estimate of drug-likeness (QED) is 0.712. The standard InChI is InChI=1S/C15H15N3/c16-14-2-1-3-15-13(14)7-11-18(15)10-6-12-4-8-17-9-5-12/h1-5,7-9,11H,6,10,16H2. The Labute approximate surface area is 106 Å². The number of fused-ring (bicyclic) bond motifs is 1. The van der Waals surface area contributed by atoms with Crippen molar-refractivity contribution in [3.05, 3.63) is 60.6 Å². The molecule has 0 aliphatic carbocycles. The molecule has 0 fully saturated rings. The van der Waals surface area contributed by atoms with Crippen LogP contribution >= 0.6 is 0 Å². The second-order valence-corrected chi connectivity index (χ2v) is 4.39. The van der Waals surface area contributed by atoms with Crippen LogP contribution in [0.4, 0.5) is 5.69 Å². The van der Waals surface area contributed by atoms with Gasteiger partial charge in [-0.25, -0.2) is 0 Å². The molecule has 1 aromatic carbocycles. The summed E-state index contributed by atoms with van der Waals surface area (Å²) < 4.78 is 2.24. The maximum absolute atomic E-state index is 5.96. The Hall–Kier alpha value is -2.29. The minimum atomic E-state index is 0.843. The Balaban J connectivity index is 1.85. The fraction of sp³-hybridized carbons (Fsp3) is 0.133. The number of hydrogen-bond acceptors (Lipinski definition) is 2. The highest BCUT2D eigenvalue weighted by Gasteiger charge is 2.03. The van der Waals surface area contributed by atoms with Gasteiger partial charge in [-0.05, 0) is 42.3 Å². The average molecular weight is 237 g/mol. The Kier molecular flexibility index (Phi) is 2.73. The van der Waals surface area contributed by atoms with E-state index in [-0.39, 0.29) is 0 Å². The van der Waals surface area contributed by atoms with Crippen LogP contribution in [0, 0.1) is 0 Å². The molecule has 3 nitrogen and oxygen atoms in total. The molecular weight excluding hydrogens is 222 g/mol. The third-order valence-corrected chi connectivity index (χ3v) is 3.24. The number of pyridine rings is 1. The number of nitrogens with zero attached hydrogens (tertiary/aromatic N) is 2. The van der Waals surface area contributed by atoms with Crippen molar-refractivity contribution in [3.63, 3.8) is 0 Å². The monoisotopic (exact) mass is 237 g/mol. The second kappa shape index (κ2) is 4.53. The van der Waals surface area contributed by atoms with Crippen molar-refractivity contribution < 1.29 is 0 Å². The molecule has 3 rings (SSSR count). The number of hydrogen-bond donors (Lipinski definition) is 1. The number of aryl methyl sites for hydroxylation is 2. The van der Waals surface area contributed by atoms with Crippen molar-refractivity contribution in [2.45, 2.75) is 13.0 Å². The molecule has 0 amide bonds. The lowest BCUT2D eigenvalue weighted by Crippen LogP contribution is -2.00. The fourth-order valence-electron chi connectivity index (χ4n) is 2.24. The van der Waals surface area contributed by atoms with Gasteiger partial charge >= 0.3 is 0 Å². The molecule has 18 heavy (non-hydrogen) atoms. The topological polar surface area (TPSA) is 43.8 Å². The van der Waals surface area contributed by atoms with Crippen molar-refractivity contribution in [2.75, 3.05) is 5.73 Å². The molecule has 0 bridgehead atoms. The summed E-state index contributed by atoms with van der Waals surface area (Å²) in [6.45, 7) is 0.955. The van der Waals surface area contributed by atoms with Gasteiger partial charge in [-0.15, -0.1) is 0 Å². The summed E-state index contributed by atoms with van der Waals surface area (Å²) >= 11 is 0. The normalized spacial score (nSPS) is 10.9. The summed E-state index contributed by atoms with van der Waals surface area (Å²) in [7, 11) is 0. The van der Waals surface area contributed by atoms with Gasteiger partial charge in [-0.3, -0.25) is 4.98 Å². The van der Waals surface area contributed by atoms with E-state index < -0.39 is 0 Å². The van der Waals surface area contributed by atoms with Crippen LogP contribution in [0.2, 0.25) is 0 Å². The Morgan fingerprint density at radius 3 is 2.72 bits per heavy atom. The Morgan fingerprint density at radius 1 is 1.06 bits per heavy atom. The molecule has 0 spiro atoms. The third kappa shape index (κ3) is 1.95. The average Bonchev–Trinajstić information content (AvgIpc) is 2.82.